The Morgan fingerprint density at radius 1 is 1.46 bits per heavy atom. The van der Waals surface area contributed by atoms with Gasteiger partial charge in [0.05, 0.1) is 6.54 Å². The normalized spacial score (nSPS) is 13.2. The zero-order chi connectivity index (χ0) is 9.78. The van der Waals surface area contributed by atoms with E-state index in [0.29, 0.717) is 6.54 Å². The minimum absolute atomic E-state index is 0. The Balaban J connectivity index is 0. The van der Waals surface area contributed by atoms with Gasteiger partial charge in [-0.25, -0.2) is 0 Å². The van der Waals surface area contributed by atoms with E-state index in [1.807, 2.05) is 0 Å². The first-order valence-electron chi connectivity index (χ1n) is 3.48. The Morgan fingerprint density at radius 3 is 2.15 bits per heavy atom. The standard InChI is InChI=1S/C6H10F3NO2.ClH/c7-6(8,9)4(5(11)12)2-1-3-10;/h4H,1-3,10H2,(H,11,12);1H/t4-;/m1./s1. The maximum Gasteiger partial charge on any atom is 0.402 e. The van der Waals surface area contributed by atoms with Crippen molar-refractivity contribution in [1.29, 1.82) is 0 Å². The molecule has 80 valence electrons. The van der Waals surface area contributed by atoms with Crippen molar-refractivity contribution in [2.45, 2.75) is 19.0 Å². The molecule has 13 heavy (non-hydrogen) atoms. The van der Waals surface area contributed by atoms with Gasteiger partial charge in [-0.1, -0.05) is 0 Å². The number of hydrogen-bond donors (Lipinski definition) is 2. The maximum absolute atomic E-state index is 11.9. The number of halogens is 4. The Hall–Kier alpha value is -0.490. The molecule has 0 bridgehead atoms. The Kier molecular flexibility index (Phi) is 6.97. The van der Waals surface area contributed by atoms with Crippen LogP contribution in [0, 0.1) is 5.92 Å². The molecule has 0 aliphatic rings. The van der Waals surface area contributed by atoms with Crippen LogP contribution >= 0.6 is 0 Å². The molecule has 0 amide bonds. The lowest BCUT2D eigenvalue weighted by molar-refractivity contribution is -0.369. The lowest BCUT2D eigenvalue weighted by atomic mass is 10.0. The average molecular weight is 222 g/mol. The van der Waals surface area contributed by atoms with Crippen LogP contribution in [0.4, 0.5) is 13.2 Å². The number of rotatable bonds is 4. The summed E-state index contributed by atoms with van der Waals surface area (Å²) in [6, 6.07) is 0. The number of carboxylic acid groups (broad SMARTS) is 1. The highest BCUT2D eigenvalue weighted by molar-refractivity contribution is 5.70. The van der Waals surface area contributed by atoms with E-state index in [-0.39, 0.29) is 25.2 Å². The monoisotopic (exact) mass is 221 g/mol. The summed E-state index contributed by atoms with van der Waals surface area (Å²) in [5.41, 5.74) is 3.34. The van der Waals surface area contributed by atoms with Crippen LogP contribution in [0.2, 0.25) is 0 Å². The maximum atomic E-state index is 11.9. The number of alkyl halides is 3. The van der Waals surface area contributed by atoms with Crippen molar-refractivity contribution in [1.82, 2.24) is 0 Å². The molecule has 3 nitrogen and oxygen atoms in total. The van der Waals surface area contributed by atoms with Crippen molar-refractivity contribution in [3.63, 3.8) is 0 Å². The predicted molar refractivity (Wildman–Crippen MR) is 34.2 cm³/mol. The lowest BCUT2D eigenvalue weighted by Crippen LogP contribution is -3.00. The van der Waals surface area contributed by atoms with Gasteiger partial charge in [0.1, 0.15) is 0 Å². The van der Waals surface area contributed by atoms with Gasteiger partial charge in [0.15, 0.2) is 5.92 Å². The Bertz CT molecular complexity index is 162. The molecule has 0 saturated carbocycles. The van der Waals surface area contributed by atoms with Gasteiger partial charge in [-0.3, -0.25) is 4.79 Å². The topological polar surface area (TPSA) is 64.9 Å². The SMILES string of the molecule is [Cl-].[NH3+]CCC[C@H](C(=O)O)C(F)(F)F. The first-order valence-corrected chi connectivity index (χ1v) is 3.48. The molecule has 7 heteroatoms. The molecular weight excluding hydrogens is 211 g/mol. The smallest absolute Gasteiger partial charge is 0.402 e. The van der Waals surface area contributed by atoms with Gasteiger partial charge in [-0.2, -0.15) is 13.2 Å². The highest BCUT2D eigenvalue weighted by atomic mass is 35.5. The van der Waals surface area contributed by atoms with E-state index in [9.17, 15) is 18.0 Å². The van der Waals surface area contributed by atoms with Crippen molar-refractivity contribution in [3.8, 4) is 0 Å². The minimum Gasteiger partial charge on any atom is -1.00 e. The zero-order valence-electron chi connectivity index (χ0n) is 6.77. The molecule has 0 aromatic heterocycles. The third kappa shape index (κ3) is 5.70. The van der Waals surface area contributed by atoms with Crippen molar-refractivity contribution in [3.05, 3.63) is 0 Å². The Morgan fingerprint density at radius 2 is 1.92 bits per heavy atom. The summed E-state index contributed by atoms with van der Waals surface area (Å²) in [5, 5.41) is 8.20. The average Bonchev–Trinajstić information content (AvgIpc) is 1.84. The number of aliphatic carboxylic acids is 1. The fourth-order valence-electron chi connectivity index (χ4n) is 0.776. The number of carboxylic acids is 1. The second kappa shape index (κ2) is 6.04. The highest BCUT2D eigenvalue weighted by Gasteiger charge is 2.44. The summed E-state index contributed by atoms with van der Waals surface area (Å²) in [5.74, 6) is -4.05. The van der Waals surface area contributed by atoms with E-state index in [0.717, 1.165) is 0 Å². The molecule has 0 aromatic carbocycles. The van der Waals surface area contributed by atoms with E-state index in [1.54, 1.807) is 0 Å². The highest BCUT2D eigenvalue weighted by Crippen LogP contribution is 2.29. The molecule has 0 unspecified atom stereocenters. The van der Waals surface area contributed by atoms with E-state index in [4.69, 9.17) is 5.11 Å². The van der Waals surface area contributed by atoms with Gasteiger partial charge in [0, 0.05) is 0 Å². The molecule has 0 radical (unpaired) electrons. The lowest BCUT2D eigenvalue weighted by Gasteiger charge is -2.14. The van der Waals surface area contributed by atoms with Crippen molar-refractivity contribution >= 4 is 5.97 Å². The predicted octanol–water partition coefficient (Wildman–Crippen LogP) is -2.72. The number of carbonyl (C=O) groups is 1. The molecule has 1 atom stereocenters. The molecule has 0 aliphatic carbocycles. The molecule has 4 N–H and O–H groups in total. The molecule has 0 aromatic rings. The minimum atomic E-state index is -4.64. The molecular formula is C6H11ClF3NO2. The van der Waals surface area contributed by atoms with Gasteiger partial charge >= 0.3 is 12.1 Å². The van der Waals surface area contributed by atoms with Crippen molar-refractivity contribution < 1.29 is 41.2 Å². The van der Waals surface area contributed by atoms with Crippen molar-refractivity contribution in [2.75, 3.05) is 6.54 Å². The third-order valence-corrected chi connectivity index (χ3v) is 1.44. The van der Waals surface area contributed by atoms with Crippen LogP contribution in [0.15, 0.2) is 0 Å². The van der Waals surface area contributed by atoms with E-state index in [1.165, 1.54) is 0 Å². The fourth-order valence-corrected chi connectivity index (χ4v) is 0.776. The summed E-state index contributed by atoms with van der Waals surface area (Å²) >= 11 is 0. The zero-order valence-corrected chi connectivity index (χ0v) is 7.53. The number of quaternary nitrogens is 1. The summed E-state index contributed by atoms with van der Waals surface area (Å²) in [7, 11) is 0. The van der Waals surface area contributed by atoms with Gasteiger partial charge < -0.3 is 23.2 Å². The second-order valence-corrected chi connectivity index (χ2v) is 2.43. The first kappa shape index (κ1) is 15.0. The summed E-state index contributed by atoms with van der Waals surface area (Å²) in [6.07, 6.45) is -4.85. The van der Waals surface area contributed by atoms with Crippen LogP contribution in [-0.2, 0) is 4.79 Å². The van der Waals surface area contributed by atoms with E-state index in [2.05, 4.69) is 5.73 Å². The van der Waals surface area contributed by atoms with Crippen molar-refractivity contribution in [2.24, 2.45) is 5.92 Å². The van der Waals surface area contributed by atoms with Gasteiger partial charge in [-0.15, -0.1) is 0 Å². The summed E-state index contributed by atoms with van der Waals surface area (Å²) in [6.45, 7) is 0.319. The van der Waals surface area contributed by atoms with Crippen LogP contribution in [-0.4, -0.2) is 23.8 Å². The molecule has 0 spiro atoms. The third-order valence-electron chi connectivity index (χ3n) is 1.44. The van der Waals surface area contributed by atoms with E-state index >= 15 is 0 Å². The van der Waals surface area contributed by atoms with Crippen LogP contribution in [0.25, 0.3) is 0 Å². The fraction of sp³-hybridized carbons (Fsp3) is 0.833. The first-order chi connectivity index (χ1) is 5.39. The van der Waals surface area contributed by atoms with Crippen LogP contribution in [0.5, 0.6) is 0 Å². The summed E-state index contributed by atoms with van der Waals surface area (Å²) < 4.78 is 35.7. The van der Waals surface area contributed by atoms with Gasteiger partial charge in [0.2, 0.25) is 0 Å². The quantitative estimate of drug-likeness (QED) is 0.542. The second-order valence-electron chi connectivity index (χ2n) is 2.43. The molecule has 0 heterocycles. The van der Waals surface area contributed by atoms with E-state index < -0.39 is 18.1 Å². The molecule has 0 fully saturated rings. The van der Waals surface area contributed by atoms with Crippen LogP contribution in [0.1, 0.15) is 12.8 Å². The van der Waals surface area contributed by atoms with Gasteiger partial charge in [-0.05, 0) is 12.8 Å². The molecule has 0 aliphatic heterocycles. The molecule has 0 saturated heterocycles. The van der Waals surface area contributed by atoms with Crippen LogP contribution in [0.3, 0.4) is 0 Å². The van der Waals surface area contributed by atoms with Gasteiger partial charge in [0.25, 0.3) is 0 Å². The largest absolute Gasteiger partial charge is 1.00 e. The summed E-state index contributed by atoms with van der Waals surface area (Å²) in [4.78, 5) is 10.1. The Labute approximate surface area is 79.5 Å². The van der Waals surface area contributed by atoms with Crippen LogP contribution < -0.4 is 18.1 Å². The molecule has 0 rings (SSSR count). The number of hydrogen-bond acceptors (Lipinski definition) is 1.